The van der Waals surface area contributed by atoms with E-state index < -0.39 is 5.97 Å². The van der Waals surface area contributed by atoms with Crippen LogP contribution in [0.4, 0.5) is 0 Å². The Morgan fingerprint density at radius 3 is 2.58 bits per heavy atom. The first-order valence-electron chi connectivity index (χ1n) is 6.61. The summed E-state index contributed by atoms with van der Waals surface area (Å²) >= 11 is 0. The molecule has 0 saturated carbocycles. The molecule has 0 saturated heterocycles. The van der Waals surface area contributed by atoms with Gasteiger partial charge in [0, 0.05) is 6.42 Å². The standard InChI is InChI=1S/C15H23NO3/c1-11-9-13(14(19-3)10-12(11)2)6-8-16-7-4-5-15(17)18/h9-10,16H,4-8H2,1-3H3,(H,17,18). The van der Waals surface area contributed by atoms with Crippen LogP contribution in [0.3, 0.4) is 0 Å². The maximum Gasteiger partial charge on any atom is 0.303 e. The Morgan fingerprint density at radius 2 is 1.95 bits per heavy atom. The number of hydrogen-bond acceptors (Lipinski definition) is 3. The van der Waals surface area contributed by atoms with Crippen LogP contribution in [0.2, 0.25) is 0 Å². The lowest BCUT2D eigenvalue weighted by atomic mass is 10.0. The summed E-state index contributed by atoms with van der Waals surface area (Å²) in [7, 11) is 1.69. The van der Waals surface area contributed by atoms with Gasteiger partial charge >= 0.3 is 5.97 Å². The second-order valence-corrected chi connectivity index (χ2v) is 4.75. The highest BCUT2D eigenvalue weighted by atomic mass is 16.5. The number of aliphatic carboxylic acids is 1. The smallest absolute Gasteiger partial charge is 0.303 e. The van der Waals surface area contributed by atoms with E-state index in [1.54, 1.807) is 7.11 Å². The van der Waals surface area contributed by atoms with E-state index in [1.165, 1.54) is 16.7 Å². The van der Waals surface area contributed by atoms with Gasteiger partial charge in [0.1, 0.15) is 5.75 Å². The lowest BCUT2D eigenvalue weighted by Crippen LogP contribution is -2.19. The second kappa shape index (κ2) is 7.79. The largest absolute Gasteiger partial charge is 0.496 e. The summed E-state index contributed by atoms with van der Waals surface area (Å²) in [5.74, 6) is 0.188. The van der Waals surface area contributed by atoms with Crippen LogP contribution in [0.15, 0.2) is 12.1 Å². The molecule has 4 heteroatoms. The van der Waals surface area contributed by atoms with Gasteiger partial charge in [-0.25, -0.2) is 0 Å². The number of methoxy groups -OCH3 is 1. The number of nitrogens with one attached hydrogen (secondary N) is 1. The van der Waals surface area contributed by atoms with Crippen LogP contribution in [-0.2, 0) is 11.2 Å². The third-order valence-electron chi connectivity index (χ3n) is 3.21. The van der Waals surface area contributed by atoms with Crippen molar-refractivity contribution in [2.75, 3.05) is 20.2 Å². The number of rotatable bonds is 8. The maximum absolute atomic E-state index is 10.4. The molecular formula is C15H23NO3. The van der Waals surface area contributed by atoms with Gasteiger partial charge in [-0.3, -0.25) is 4.79 Å². The van der Waals surface area contributed by atoms with E-state index in [-0.39, 0.29) is 6.42 Å². The van der Waals surface area contributed by atoms with Crippen molar-refractivity contribution in [2.24, 2.45) is 0 Å². The summed E-state index contributed by atoms with van der Waals surface area (Å²) in [6.45, 7) is 5.74. The lowest BCUT2D eigenvalue weighted by Gasteiger charge is -2.12. The fourth-order valence-corrected chi connectivity index (χ4v) is 1.95. The number of benzene rings is 1. The Labute approximate surface area is 114 Å². The molecule has 0 radical (unpaired) electrons. The van der Waals surface area contributed by atoms with Gasteiger partial charge in [0.05, 0.1) is 7.11 Å². The molecule has 2 N–H and O–H groups in total. The molecule has 0 aromatic heterocycles. The molecule has 0 spiro atoms. The summed E-state index contributed by atoms with van der Waals surface area (Å²) in [4.78, 5) is 10.4. The average molecular weight is 265 g/mol. The maximum atomic E-state index is 10.4. The van der Waals surface area contributed by atoms with Gasteiger partial charge in [-0.1, -0.05) is 6.07 Å². The fraction of sp³-hybridized carbons (Fsp3) is 0.533. The predicted octanol–water partition coefficient (Wildman–Crippen LogP) is 2.31. The van der Waals surface area contributed by atoms with E-state index in [4.69, 9.17) is 9.84 Å². The van der Waals surface area contributed by atoms with Crippen LogP contribution in [-0.4, -0.2) is 31.3 Å². The highest BCUT2D eigenvalue weighted by molar-refractivity contribution is 5.66. The zero-order valence-electron chi connectivity index (χ0n) is 12.0. The third-order valence-corrected chi connectivity index (χ3v) is 3.21. The number of aryl methyl sites for hydroxylation is 2. The molecule has 1 rings (SSSR count). The fourth-order valence-electron chi connectivity index (χ4n) is 1.95. The molecule has 4 nitrogen and oxygen atoms in total. The minimum Gasteiger partial charge on any atom is -0.496 e. The summed E-state index contributed by atoms with van der Waals surface area (Å²) in [5, 5.41) is 11.8. The Hall–Kier alpha value is -1.55. The first kappa shape index (κ1) is 15.5. The summed E-state index contributed by atoms with van der Waals surface area (Å²) in [6.07, 6.45) is 1.77. The Morgan fingerprint density at radius 1 is 1.26 bits per heavy atom. The van der Waals surface area contributed by atoms with E-state index in [2.05, 4.69) is 31.3 Å². The van der Waals surface area contributed by atoms with E-state index >= 15 is 0 Å². The number of carbonyl (C=O) groups is 1. The van der Waals surface area contributed by atoms with Crippen molar-refractivity contribution in [1.29, 1.82) is 0 Å². The molecule has 0 heterocycles. The van der Waals surface area contributed by atoms with Crippen molar-refractivity contribution >= 4 is 5.97 Å². The average Bonchev–Trinajstić information content (AvgIpc) is 2.36. The van der Waals surface area contributed by atoms with Crippen LogP contribution < -0.4 is 10.1 Å². The molecule has 0 amide bonds. The Kier molecular flexibility index (Phi) is 6.36. The molecule has 0 bridgehead atoms. The molecule has 0 aliphatic carbocycles. The van der Waals surface area contributed by atoms with Crippen molar-refractivity contribution in [1.82, 2.24) is 5.32 Å². The molecule has 106 valence electrons. The van der Waals surface area contributed by atoms with Crippen molar-refractivity contribution in [3.63, 3.8) is 0 Å². The van der Waals surface area contributed by atoms with Gasteiger partial charge in [0.15, 0.2) is 0 Å². The number of hydrogen-bond donors (Lipinski definition) is 2. The van der Waals surface area contributed by atoms with E-state index in [1.807, 2.05) is 0 Å². The van der Waals surface area contributed by atoms with Crippen LogP contribution in [0, 0.1) is 13.8 Å². The number of ether oxygens (including phenoxy) is 1. The Bertz CT molecular complexity index is 430. The molecule has 0 aliphatic rings. The molecule has 0 unspecified atom stereocenters. The molecule has 0 fully saturated rings. The van der Waals surface area contributed by atoms with Crippen molar-refractivity contribution < 1.29 is 14.6 Å². The molecule has 1 aromatic rings. The van der Waals surface area contributed by atoms with Crippen molar-refractivity contribution in [3.8, 4) is 5.75 Å². The van der Waals surface area contributed by atoms with Gasteiger partial charge in [0.25, 0.3) is 0 Å². The van der Waals surface area contributed by atoms with Crippen LogP contribution in [0.1, 0.15) is 29.5 Å². The summed E-state index contributed by atoms with van der Waals surface area (Å²) < 4.78 is 5.39. The monoisotopic (exact) mass is 265 g/mol. The minimum absolute atomic E-state index is 0.222. The third kappa shape index (κ3) is 5.30. The first-order chi connectivity index (χ1) is 9.04. The highest BCUT2D eigenvalue weighted by Gasteiger charge is 2.05. The topological polar surface area (TPSA) is 58.6 Å². The molecule has 0 atom stereocenters. The second-order valence-electron chi connectivity index (χ2n) is 4.75. The van der Waals surface area contributed by atoms with Gasteiger partial charge in [-0.2, -0.15) is 0 Å². The zero-order valence-corrected chi connectivity index (χ0v) is 12.0. The van der Waals surface area contributed by atoms with Gasteiger partial charge in [0.2, 0.25) is 0 Å². The van der Waals surface area contributed by atoms with Crippen molar-refractivity contribution in [3.05, 3.63) is 28.8 Å². The lowest BCUT2D eigenvalue weighted by molar-refractivity contribution is -0.137. The summed E-state index contributed by atoms with van der Waals surface area (Å²) in [5.41, 5.74) is 3.69. The van der Waals surface area contributed by atoms with E-state index in [9.17, 15) is 4.79 Å². The van der Waals surface area contributed by atoms with E-state index in [0.717, 1.165) is 25.3 Å². The van der Waals surface area contributed by atoms with Gasteiger partial charge < -0.3 is 15.2 Å². The van der Waals surface area contributed by atoms with Crippen LogP contribution in [0.5, 0.6) is 5.75 Å². The van der Waals surface area contributed by atoms with Gasteiger partial charge in [-0.05, 0) is 62.5 Å². The van der Waals surface area contributed by atoms with E-state index in [0.29, 0.717) is 6.42 Å². The molecule has 1 aromatic carbocycles. The van der Waals surface area contributed by atoms with Gasteiger partial charge in [-0.15, -0.1) is 0 Å². The minimum atomic E-state index is -0.738. The van der Waals surface area contributed by atoms with Crippen LogP contribution in [0.25, 0.3) is 0 Å². The normalized spacial score (nSPS) is 10.5. The molecular weight excluding hydrogens is 242 g/mol. The first-order valence-corrected chi connectivity index (χ1v) is 6.61. The quantitative estimate of drug-likeness (QED) is 0.708. The number of carboxylic acid groups (broad SMARTS) is 1. The summed E-state index contributed by atoms with van der Waals surface area (Å²) in [6, 6.07) is 4.22. The molecule has 0 aliphatic heterocycles. The Balaban J connectivity index is 2.40. The zero-order chi connectivity index (χ0) is 14.3. The van der Waals surface area contributed by atoms with Crippen LogP contribution >= 0.6 is 0 Å². The molecule has 19 heavy (non-hydrogen) atoms. The predicted molar refractivity (Wildman–Crippen MR) is 75.9 cm³/mol. The number of carboxylic acids is 1. The highest BCUT2D eigenvalue weighted by Crippen LogP contribution is 2.23. The SMILES string of the molecule is COc1cc(C)c(C)cc1CCNCCCC(=O)O. The van der Waals surface area contributed by atoms with Crippen molar-refractivity contribution in [2.45, 2.75) is 33.1 Å².